The number of carbonyl (C=O) groups is 1. The summed E-state index contributed by atoms with van der Waals surface area (Å²) in [5, 5.41) is 2.73. The number of amides is 1. The summed E-state index contributed by atoms with van der Waals surface area (Å²) in [5.41, 5.74) is 0.728. The first-order valence-corrected chi connectivity index (χ1v) is 9.67. The minimum atomic E-state index is -3.72. The lowest BCUT2D eigenvalue weighted by atomic mass is 10.1. The molecule has 122 valence electrons. The second-order valence-electron chi connectivity index (χ2n) is 5.29. The molecule has 2 aromatic heterocycles. The van der Waals surface area contributed by atoms with Crippen LogP contribution in [-0.4, -0.2) is 31.9 Å². The molecule has 6 nitrogen and oxygen atoms in total. The maximum absolute atomic E-state index is 12.5. The minimum Gasteiger partial charge on any atom is -0.355 e. The van der Waals surface area contributed by atoms with Gasteiger partial charge in [-0.1, -0.05) is 6.07 Å². The van der Waals surface area contributed by atoms with Crippen LogP contribution in [-0.2, 0) is 14.8 Å². The molecule has 1 saturated heterocycles. The number of pyridine rings is 1. The van der Waals surface area contributed by atoms with Crippen LogP contribution in [0.5, 0.6) is 0 Å². The van der Waals surface area contributed by atoms with Gasteiger partial charge >= 0.3 is 0 Å². The van der Waals surface area contributed by atoms with E-state index in [1.165, 1.54) is 0 Å². The van der Waals surface area contributed by atoms with Crippen molar-refractivity contribution in [3.8, 4) is 10.6 Å². The maximum atomic E-state index is 12.5. The fourth-order valence-corrected chi connectivity index (χ4v) is 4.94. The molecular formula is C15H17N3O3S2. The van der Waals surface area contributed by atoms with Crippen molar-refractivity contribution in [3.05, 3.63) is 36.5 Å². The molecule has 3 heterocycles. The first kappa shape index (κ1) is 16.1. The van der Waals surface area contributed by atoms with Gasteiger partial charge in [0.1, 0.15) is 10.3 Å². The summed E-state index contributed by atoms with van der Waals surface area (Å²) in [7, 11) is -3.72. The molecule has 0 saturated carbocycles. The van der Waals surface area contributed by atoms with Crippen molar-refractivity contribution in [2.45, 2.75) is 29.5 Å². The topological polar surface area (TPSA) is 88.2 Å². The van der Waals surface area contributed by atoms with E-state index in [4.69, 9.17) is 0 Å². The van der Waals surface area contributed by atoms with Crippen LogP contribution in [0.25, 0.3) is 10.6 Å². The van der Waals surface area contributed by atoms with Gasteiger partial charge in [-0.2, -0.15) is 4.72 Å². The minimum absolute atomic E-state index is 0.190. The lowest BCUT2D eigenvalue weighted by Gasteiger charge is -2.14. The van der Waals surface area contributed by atoms with Gasteiger partial charge in [-0.3, -0.25) is 9.78 Å². The highest BCUT2D eigenvalue weighted by Crippen LogP contribution is 2.29. The highest BCUT2D eigenvalue weighted by atomic mass is 32.2. The summed E-state index contributed by atoms with van der Waals surface area (Å²) < 4.78 is 27.7. The fraction of sp³-hybridized carbons (Fsp3) is 0.333. The summed E-state index contributed by atoms with van der Waals surface area (Å²) in [5.74, 6) is -0.257. The van der Waals surface area contributed by atoms with E-state index in [0.717, 1.165) is 34.7 Å². The Bertz CT molecular complexity index is 787. The molecule has 23 heavy (non-hydrogen) atoms. The molecule has 1 aliphatic rings. The van der Waals surface area contributed by atoms with Crippen molar-refractivity contribution >= 4 is 27.3 Å². The van der Waals surface area contributed by atoms with E-state index in [-0.39, 0.29) is 10.1 Å². The normalized spacial score (nSPS) is 19.1. The van der Waals surface area contributed by atoms with Crippen molar-refractivity contribution < 1.29 is 13.2 Å². The average molecular weight is 351 g/mol. The predicted molar refractivity (Wildman–Crippen MR) is 88.5 cm³/mol. The lowest BCUT2D eigenvalue weighted by Crippen LogP contribution is -2.45. The molecule has 8 heteroatoms. The lowest BCUT2D eigenvalue weighted by molar-refractivity contribution is -0.122. The molecule has 2 N–H and O–H groups in total. The number of aromatic nitrogens is 1. The molecule has 0 radical (unpaired) electrons. The van der Waals surface area contributed by atoms with Gasteiger partial charge in [0.25, 0.3) is 10.0 Å². The number of nitrogens with one attached hydrogen (secondary N) is 2. The molecule has 1 atom stereocenters. The second-order valence-corrected chi connectivity index (χ2v) is 8.32. The monoisotopic (exact) mass is 351 g/mol. The summed E-state index contributed by atoms with van der Waals surface area (Å²) in [4.78, 5) is 16.9. The Balaban J connectivity index is 1.80. The Hall–Kier alpha value is -1.77. The Kier molecular flexibility index (Phi) is 4.74. The first-order valence-electron chi connectivity index (χ1n) is 7.37. The molecule has 1 aliphatic heterocycles. The van der Waals surface area contributed by atoms with Crippen molar-refractivity contribution in [3.63, 3.8) is 0 Å². The van der Waals surface area contributed by atoms with E-state index in [1.807, 2.05) is 12.1 Å². The van der Waals surface area contributed by atoms with Crippen LogP contribution >= 0.6 is 11.3 Å². The van der Waals surface area contributed by atoms with Crippen LogP contribution in [0, 0.1) is 0 Å². The van der Waals surface area contributed by atoms with Gasteiger partial charge in [-0.15, -0.1) is 11.3 Å². The standard InChI is InChI=1S/C15H17N3O3S2/c19-15-12(6-2-4-10-17-15)18-23(20,21)14-8-7-13(22-14)11-5-1-3-9-16-11/h1,3,5,7-9,12,18H,2,4,6,10H2,(H,17,19)/t12-/m0/s1. The second kappa shape index (κ2) is 6.77. The van der Waals surface area contributed by atoms with Gasteiger partial charge < -0.3 is 5.32 Å². The molecular weight excluding hydrogens is 334 g/mol. The third-order valence-corrected chi connectivity index (χ3v) is 6.67. The van der Waals surface area contributed by atoms with E-state index in [9.17, 15) is 13.2 Å². The van der Waals surface area contributed by atoms with Gasteiger partial charge in [0.15, 0.2) is 0 Å². The third-order valence-electron chi connectivity index (χ3n) is 3.60. The quantitative estimate of drug-likeness (QED) is 0.878. The first-order chi connectivity index (χ1) is 11.1. The highest BCUT2D eigenvalue weighted by molar-refractivity contribution is 7.91. The number of sulfonamides is 1. The summed E-state index contributed by atoms with van der Waals surface area (Å²) in [6.45, 7) is 0.597. The Morgan fingerprint density at radius 1 is 1.22 bits per heavy atom. The van der Waals surface area contributed by atoms with Gasteiger partial charge in [-0.25, -0.2) is 8.42 Å². The molecule has 0 spiro atoms. The fourth-order valence-electron chi connectivity index (χ4n) is 2.41. The SMILES string of the molecule is O=C1NCCCC[C@@H]1NS(=O)(=O)c1ccc(-c2ccccn2)s1. The molecule has 3 rings (SSSR count). The molecule has 1 amide bonds. The van der Waals surface area contributed by atoms with Crippen LogP contribution in [0.3, 0.4) is 0 Å². The zero-order valence-corrected chi connectivity index (χ0v) is 14.0. The van der Waals surface area contributed by atoms with Crippen LogP contribution in [0.1, 0.15) is 19.3 Å². The van der Waals surface area contributed by atoms with Crippen LogP contribution in [0.15, 0.2) is 40.7 Å². The number of thiophene rings is 1. The summed E-state index contributed by atoms with van der Waals surface area (Å²) in [6.07, 6.45) is 3.86. The number of hydrogen-bond acceptors (Lipinski definition) is 5. The van der Waals surface area contributed by atoms with Gasteiger partial charge in [0.05, 0.1) is 10.6 Å². The zero-order chi connectivity index (χ0) is 16.3. The van der Waals surface area contributed by atoms with Crippen molar-refractivity contribution in [1.29, 1.82) is 0 Å². The third kappa shape index (κ3) is 3.77. The number of rotatable bonds is 4. The molecule has 1 fully saturated rings. The van der Waals surface area contributed by atoms with Crippen LogP contribution in [0.2, 0.25) is 0 Å². The van der Waals surface area contributed by atoms with Crippen molar-refractivity contribution in [2.24, 2.45) is 0 Å². The Morgan fingerprint density at radius 3 is 2.87 bits per heavy atom. The molecule has 0 aromatic carbocycles. The number of carbonyl (C=O) groups excluding carboxylic acids is 1. The van der Waals surface area contributed by atoms with Crippen molar-refractivity contribution in [1.82, 2.24) is 15.0 Å². The van der Waals surface area contributed by atoms with E-state index >= 15 is 0 Å². The average Bonchev–Trinajstić information content (AvgIpc) is 2.97. The van der Waals surface area contributed by atoms with Crippen LogP contribution < -0.4 is 10.0 Å². The predicted octanol–water partition coefficient (Wildman–Crippen LogP) is 1.76. The molecule has 0 aliphatic carbocycles. The van der Waals surface area contributed by atoms with E-state index in [1.54, 1.807) is 24.4 Å². The summed E-state index contributed by atoms with van der Waals surface area (Å²) >= 11 is 1.14. The molecule has 0 bridgehead atoms. The molecule has 0 unspecified atom stereocenters. The Labute approximate surface area is 139 Å². The van der Waals surface area contributed by atoms with Gasteiger partial charge in [-0.05, 0) is 43.5 Å². The van der Waals surface area contributed by atoms with E-state index in [2.05, 4.69) is 15.0 Å². The van der Waals surface area contributed by atoms with Crippen LogP contribution in [0.4, 0.5) is 0 Å². The smallest absolute Gasteiger partial charge is 0.250 e. The maximum Gasteiger partial charge on any atom is 0.250 e. The van der Waals surface area contributed by atoms with Gasteiger partial charge in [0.2, 0.25) is 5.91 Å². The largest absolute Gasteiger partial charge is 0.355 e. The van der Waals surface area contributed by atoms with E-state index in [0.29, 0.717) is 13.0 Å². The van der Waals surface area contributed by atoms with Gasteiger partial charge in [0, 0.05) is 12.7 Å². The molecule has 2 aromatic rings. The summed E-state index contributed by atoms with van der Waals surface area (Å²) in [6, 6.07) is 8.06. The number of hydrogen-bond donors (Lipinski definition) is 2. The zero-order valence-electron chi connectivity index (χ0n) is 12.4. The van der Waals surface area contributed by atoms with E-state index < -0.39 is 16.1 Å². The number of nitrogens with zero attached hydrogens (tertiary/aromatic N) is 1. The van der Waals surface area contributed by atoms with Crippen molar-refractivity contribution in [2.75, 3.05) is 6.54 Å². The Morgan fingerprint density at radius 2 is 2.09 bits per heavy atom. The highest BCUT2D eigenvalue weighted by Gasteiger charge is 2.27.